The Hall–Kier alpha value is -3.90. The maximum absolute atomic E-state index is 13.2. The number of para-hydroxylation sites is 1. The van der Waals surface area contributed by atoms with E-state index in [1.807, 2.05) is 86.6 Å². The summed E-state index contributed by atoms with van der Waals surface area (Å²) >= 11 is 0. The Morgan fingerprint density at radius 1 is 1.00 bits per heavy atom. The molecule has 0 aliphatic heterocycles. The van der Waals surface area contributed by atoms with Gasteiger partial charge in [-0.15, -0.1) is 0 Å². The first-order valence-electron chi connectivity index (χ1n) is 10.9. The lowest BCUT2D eigenvalue weighted by molar-refractivity contribution is 0.185. The van der Waals surface area contributed by atoms with Crippen LogP contribution in [0.4, 0.5) is 10.5 Å². The lowest BCUT2D eigenvalue weighted by Gasteiger charge is -2.23. The quantitative estimate of drug-likeness (QED) is 0.400. The third-order valence-electron chi connectivity index (χ3n) is 5.64. The molecule has 3 N–H and O–H groups in total. The minimum absolute atomic E-state index is 0.0815. The van der Waals surface area contributed by atoms with Gasteiger partial charge < -0.3 is 20.3 Å². The summed E-state index contributed by atoms with van der Waals surface area (Å²) in [5.41, 5.74) is 5.65. The number of amides is 2. The number of anilines is 1. The summed E-state index contributed by atoms with van der Waals surface area (Å²) in [5.74, 6) is 0. The summed E-state index contributed by atoms with van der Waals surface area (Å²) in [5, 5.41) is 13.4. The Labute approximate surface area is 192 Å². The largest absolute Gasteiger partial charge is 0.395 e. The van der Waals surface area contributed by atoms with Crippen LogP contribution in [0.5, 0.6) is 0 Å². The van der Waals surface area contributed by atoms with Crippen molar-refractivity contribution < 1.29 is 9.90 Å². The van der Waals surface area contributed by atoms with E-state index < -0.39 is 0 Å². The van der Waals surface area contributed by atoms with Gasteiger partial charge in [0.25, 0.3) is 5.56 Å². The summed E-state index contributed by atoms with van der Waals surface area (Å²) in [4.78, 5) is 30.3. The Bertz CT molecular complexity index is 1350. The zero-order valence-corrected chi connectivity index (χ0v) is 18.8. The molecule has 0 aliphatic rings. The molecule has 0 radical (unpaired) electrons. The van der Waals surface area contributed by atoms with E-state index in [1.165, 1.54) is 4.90 Å². The van der Waals surface area contributed by atoms with Crippen LogP contribution < -0.4 is 10.9 Å². The number of urea groups is 1. The summed E-state index contributed by atoms with van der Waals surface area (Å²) in [6.45, 7) is 3.94. The average Bonchev–Trinajstić information content (AvgIpc) is 2.80. The van der Waals surface area contributed by atoms with Crippen LogP contribution in [0.2, 0.25) is 0 Å². The van der Waals surface area contributed by atoms with Crippen LogP contribution >= 0.6 is 0 Å². The van der Waals surface area contributed by atoms with Gasteiger partial charge in [-0.25, -0.2) is 4.79 Å². The highest BCUT2D eigenvalue weighted by Gasteiger charge is 2.18. The lowest BCUT2D eigenvalue weighted by atomic mass is 10.0. The van der Waals surface area contributed by atoms with Crippen LogP contribution in [-0.4, -0.2) is 34.2 Å². The van der Waals surface area contributed by atoms with Gasteiger partial charge >= 0.3 is 6.03 Å². The van der Waals surface area contributed by atoms with E-state index >= 15 is 0 Å². The summed E-state index contributed by atoms with van der Waals surface area (Å²) in [6.07, 6.45) is 0. The highest BCUT2D eigenvalue weighted by Crippen LogP contribution is 2.28. The number of nitrogens with one attached hydrogen (secondary N) is 2. The van der Waals surface area contributed by atoms with Crippen molar-refractivity contribution in [3.05, 3.63) is 99.8 Å². The zero-order chi connectivity index (χ0) is 23.4. The highest BCUT2D eigenvalue weighted by atomic mass is 16.3. The molecule has 2 amide bonds. The van der Waals surface area contributed by atoms with E-state index in [9.17, 15) is 14.7 Å². The predicted octanol–water partition coefficient (Wildman–Crippen LogP) is 4.84. The van der Waals surface area contributed by atoms with Crippen molar-refractivity contribution in [2.45, 2.75) is 20.4 Å². The van der Waals surface area contributed by atoms with Crippen molar-refractivity contribution in [3.8, 4) is 11.1 Å². The van der Waals surface area contributed by atoms with Gasteiger partial charge in [0.05, 0.1) is 24.4 Å². The molecular formula is C27H27N3O3. The van der Waals surface area contributed by atoms with E-state index in [2.05, 4.69) is 10.3 Å². The maximum atomic E-state index is 13.2. The molecule has 0 saturated carbocycles. The van der Waals surface area contributed by atoms with Crippen LogP contribution in [0.1, 0.15) is 16.7 Å². The number of hydrogen-bond acceptors (Lipinski definition) is 3. The number of carbonyl (C=O) groups excluding carboxylic acids is 1. The highest BCUT2D eigenvalue weighted by molar-refractivity contribution is 5.94. The van der Waals surface area contributed by atoms with Crippen molar-refractivity contribution in [2.24, 2.45) is 0 Å². The van der Waals surface area contributed by atoms with Gasteiger partial charge in [-0.05, 0) is 48.6 Å². The van der Waals surface area contributed by atoms with Crippen molar-refractivity contribution in [1.29, 1.82) is 0 Å². The fraction of sp³-hybridized carbons (Fsp3) is 0.185. The second-order valence-corrected chi connectivity index (χ2v) is 8.16. The van der Waals surface area contributed by atoms with Crippen LogP contribution in [0.3, 0.4) is 0 Å². The number of aliphatic hydroxyl groups excluding tert-OH is 1. The normalized spacial score (nSPS) is 10.9. The van der Waals surface area contributed by atoms with Gasteiger partial charge in [-0.1, -0.05) is 60.2 Å². The molecule has 0 unspecified atom stereocenters. The van der Waals surface area contributed by atoms with Crippen molar-refractivity contribution in [2.75, 3.05) is 18.5 Å². The van der Waals surface area contributed by atoms with Crippen molar-refractivity contribution in [3.63, 3.8) is 0 Å². The Morgan fingerprint density at radius 3 is 2.48 bits per heavy atom. The Balaban J connectivity index is 1.62. The molecule has 3 aromatic carbocycles. The summed E-state index contributed by atoms with van der Waals surface area (Å²) in [6, 6.07) is 22.8. The minimum Gasteiger partial charge on any atom is -0.395 e. The molecule has 0 saturated heterocycles. The molecule has 6 nitrogen and oxygen atoms in total. The molecule has 1 aromatic heterocycles. The van der Waals surface area contributed by atoms with Crippen LogP contribution in [0, 0.1) is 13.8 Å². The SMILES string of the molecule is Cc1cc(C)c2[nH]c(=O)c(CN(CCO)C(=O)Nc3ccccc3-c3ccccc3)cc2c1. The van der Waals surface area contributed by atoms with Crippen LogP contribution in [-0.2, 0) is 6.54 Å². The molecule has 0 aliphatic carbocycles. The molecule has 168 valence electrons. The predicted molar refractivity (Wildman–Crippen MR) is 132 cm³/mol. The van der Waals surface area contributed by atoms with E-state index in [4.69, 9.17) is 0 Å². The molecule has 0 spiro atoms. The fourth-order valence-electron chi connectivity index (χ4n) is 4.08. The van der Waals surface area contributed by atoms with E-state index in [-0.39, 0.29) is 31.3 Å². The number of carbonyl (C=O) groups is 1. The first-order chi connectivity index (χ1) is 16.0. The number of nitrogens with zero attached hydrogens (tertiary/aromatic N) is 1. The van der Waals surface area contributed by atoms with Crippen molar-refractivity contribution in [1.82, 2.24) is 9.88 Å². The molecule has 1 heterocycles. The van der Waals surface area contributed by atoms with Gasteiger partial charge in [0.15, 0.2) is 0 Å². The number of rotatable bonds is 6. The first kappa shape index (κ1) is 22.3. The second-order valence-electron chi connectivity index (χ2n) is 8.16. The molecule has 33 heavy (non-hydrogen) atoms. The Morgan fingerprint density at radius 2 is 1.73 bits per heavy atom. The molecule has 0 bridgehead atoms. The number of hydrogen-bond donors (Lipinski definition) is 3. The van der Waals surface area contributed by atoms with Crippen LogP contribution in [0.15, 0.2) is 77.6 Å². The smallest absolute Gasteiger partial charge is 0.322 e. The van der Waals surface area contributed by atoms with Gasteiger partial charge in [0, 0.05) is 17.7 Å². The number of H-pyrrole nitrogens is 1. The third kappa shape index (κ3) is 4.96. The first-order valence-corrected chi connectivity index (χ1v) is 10.9. The molecular weight excluding hydrogens is 414 g/mol. The molecule has 4 aromatic rings. The topological polar surface area (TPSA) is 85.4 Å². The number of aryl methyl sites for hydroxylation is 2. The number of aromatic nitrogens is 1. The average molecular weight is 442 g/mol. The van der Waals surface area contributed by atoms with Gasteiger partial charge in [-0.2, -0.15) is 0 Å². The summed E-state index contributed by atoms with van der Waals surface area (Å²) < 4.78 is 0. The number of benzene rings is 3. The van der Waals surface area contributed by atoms with Crippen molar-refractivity contribution >= 4 is 22.6 Å². The lowest BCUT2D eigenvalue weighted by Crippen LogP contribution is -2.38. The van der Waals surface area contributed by atoms with Gasteiger partial charge in [-0.3, -0.25) is 4.79 Å². The molecule has 0 fully saturated rings. The molecule has 6 heteroatoms. The van der Waals surface area contributed by atoms with Gasteiger partial charge in [0.2, 0.25) is 0 Å². The van der Waals surface area contributed by atoms with E-state index in [0.717, 1.165) is 33.2 Å². The minimum atomic E-state index is -0.382. The molecule has 0 atom stereocenters. The number of pyridine rings is 1. The number of fused-ring (bicyclic) bond motifs is 1. The Kier molecular flexibility index (Phi) is 6.56. The zero-order valence-electron chi connectivity index (χ0n) is 18.8. The summed E-state index contributed by atoms with van der Waals surface area (Å²) in [7, 11) is 0. The van der Waals surface area contributed by atoms with Crippen LogP contribution in [0.25, 0.3) is 22.0 Å². The molecule has 4 rings (SSSR count). The third-order valence-corrected chi connectivity index (χ3v) is 5.64. The number of aromatic amines is 1. The second kappa shape index (κ2) is 9.71. The standard InChI is InChI=1S/C27H27N3O3/c1-18-14-19(2)25-21(15-18)16-22(26(32)29-25)17-30(12-13-31)27(33)28-24-11-7-6-10-23(24)20-8-4-3-5-9-20/h3-11,14-16,31H,12-13,17H2,1-2H3,(H,28,33)(H,29,32). The van der Waals surface area contributed by atoms with Gasteiger partial charge in [0.1, 0.15) is 0 Å². The monoisotopic (exact) mass is 441 g/mol. The maximum Gasteiger partial charge on any atom is 0.322 e. The fourth-order valence-corrected chi connectivity index (χ4v) is 4.08. The number of aliphatic hydroxyl groups is 1. The van der Waals surface area contributed by atoms with E-state index in [1.54, 1.807) is 0 Å². The van der Waals surface area contributed by atoms with E-state index in [0.29, 0.717) is 11.3 Å².